The van der Waals surface area contributed by atoms with Crippen LogP contribution in [0.2, 0.25) is 0 Å². The molecule has 0 aliphatic heterocycles. The first-order chi connectivity index (χ1) is 13.2. The third-order valence-electron chi connectivity index (χ3n) is 5.73. The zero-order valence-electron chi connectivity index (χ0n) is 16.5. The molecule has 2 unspecified atom stereocenters. The largest absolute Gasteiger partial charge is 0.352 e. The Morgan fingerprint density at radius 2 is 1.89 bits per heavy atom. The fourth-order valence-electron chi connectivity index (χ4n) is 3.99. The SMILES string of the molecule is CCCCc1noc(-c2ccc(C(=O)NCC3CCCCC3CC)cc2)n1. The normalized spacial score (nSPS) is 19.8. The van der Waals surface area contributed by atoms with E-state index < -0.39 is 0 Å². The van der Waals surface area contributed by atoms with E-state index in [1.165, 1.54) is 32.1 Å². The topological polar surface area (TPSA) is 68.0 Å². The summed E-state index contributed by atoms with van der Waals surface area (Å²) in [5.41, 5.74) is 1.52. The number of aryl methyl sites for hydroxylation is 1. The first kappa shape index (κ1) is 19.6. The van der Waals surface area contributed by atoms with E-state index in [0.29, 0.717) is 17.4 Å². The predicted octanol–water partition coefficient (Wildman–Crippen LogP) is 5.03. The number of hydrogen-bond acceptors (Lipinski definition) is 4. The number of nitrogens with zero attached hydrogens (tertiary/aromatic N) is 2. The quantitative estimate of drug-likeness (QED) is 0.709. The van der Waals surface area contributed by atoms with Crippen LogP contribution in [0.3, 0.4) is 0 Å². The molecule has 1 amide bonds. The van der Waals surface area contributed by atoms with Crippen molar-refractivity contribution in [2.75, 3.05) is 6.54 Å². The highest BCUT2D eigenvalue weighted by atomic mass is 16.5. The van der Waals surface area contributed by atoms with Crippen molar-refractivity contribution in [1.29, 1.82) is 0 Å². The molecule has 1 aromatic carbocycles. The zero-order chi connectivity index (χ0) is 19.1. The van der Waals surface area contributed by atoms with E-state index in [-0.39, 0.29) is 5.91 Å². The van der Waals surface area contributed by atoms with E-state index in [9.17, 15) is 4.79 Å². The molecule has 146 valence electrons. The van der Waals surface area contributed by atoms with Gasteiger partial charge in [0.2, 0.25) is 0 Å². The van der Waals surface area contributed by atoms with Gasteiger partial charge in [-0.2, -0.15) is 4.98 Å². The molecule has 1 N–H and O–H groups in total. The van der Waals surface area contributed by atoms with Crippen LogP contribution < -0.4 is 5.32 Å². The summed E-state index contributed by atoms with van der Waals surface area (Å²) in [7, 11) is 0. The van der Waals surface area contributed by atoms with Gasteiger partial charge in [-0.1, -0.05) is 51.1 Å². The van der Waals surface area contributed by atoms with Crippen molar-refractivity contribution < 1.29 is 9.32 Å². The zero-order valence-corrected chi connectivity index (χ0v) is 16.5. The van der Waals surface area contributed by atoms with E-state index in [4.69, 9.17) is 4.52 Å². The van der Waals surface area contributed by atoms with Gasteiger partial charge in [0.05, 0.1) is 0 Å². The average Bonchev–Trinajstić information content (AvgIpc) is 3.19. The number of benzene rings is 1. The van der Waals surface area contributed by atoms with Gasteiger partial charge in [0.25, 0.3) is 11.8 Å². The van der Waals surface area contributed by atoms with Gasteiger partial charge in [-0.25, -0.2) is 0 Å². The number of carbonyl (C=O) groups is 1. The van der Waals surface area contributed by atoms with Gasteiger partial charge in [-0.15, -0.1) is 0 Å². The number of rotatable bonds is 8. The lowest BCUT2D eigenvalue weighted by atomic mass is 9.78. The van der Waals surface area contributed by atoms with E-state index in [2.05, 4.69) is 29.3 Å². The highest BCUT2D eigenvalue weighted by molar-refractivity contribution is 5.94. The maximum atomic E-state index is 12.5. The Balaban J connectivity index is 1.56. The number of amides is 1. The third-order valence-corrected chi connectivity index (χ3v) is 5.73. The van der Waals surface area contributed by atoms with Gasteiger partial charge in [-0.05, 0) is 48.9 Å². The Morgan fingerprint density at radius 1 is 1.15 bits per heavy atom. The summed E-state index contributed by atoms with van der Waals surface area (Å²) in [4.78, 5) is 16.9. The van der Waals surface area contributed by atoms with Gasteiger partial charge < -0.3 is 9.84 Å². The molecule has 5 nitrogen and oxygen atoms in total. The van der Waals surface area contributed by atoms with Crippen LogP contribution in [0.4, 0.5) is 0 Å². The monoisotopic (exact) mass is 369 g/mol. The van der Waals surface area contributed by atoms with E-state index in [1.54, 1.807) is 0 Å². The predicted molar refractivity (Wildman–Crippen MR) is 106 cm³/mol. The van der Waals surface area contributed by atoms with Crippen molar-refractivity contribution in [3.05, 3.63) is 35.7 Å². The van der Waals surface area contributed by atoms with Gasteiger partial charge in [0, 0.05) is 24.1 Å². The van der Waals surface area contributed by atoms with Crippen LogP contribution >= 0.6 is 0 Å². The fourth-order valence-corrected chi connectivity index (χ4v) is 3.99. The van der Waals surface area contributed by atoms with Crippen molar-refractivity contribution in [2.45, 2.75) is 65.2 Å². The minimum Gasteiger partial charge on any atom is -0.352 e. The first-order valence-corrected chi connectivity index (χ1v) is 10.4. The van der Waals surface area contributed by atoms with Gasteiger partial charge in [0.1, 0.15) is 0 Å². The molecule has 2 aromatic rings. The van der Waals surface area contributed by atoms with Crippen LogP contribution in [-0.2, 0) is 6.42 Å². The molecule has 1 heterocycles. The molecule has 1 fully saturated rings. The van der Waals surface area contributed by atoms with Crippen molar-refractivity contribution in [2.24, 2.45) is 11.8 Å². The average molecular weight is 370 g/mol. The molecule has 1 aliphatic rings. The molecule has 1 aromatic heterocycles. The Hall–Kier alpha value is -2.17. The fraction of sp³-hybridized carbons (Fsp3) is 0.591. The molecule has 0 saturated heterocycles. The minimum absolute atomic E-state index is 0.00357. The summed E-state index contributed by atoms with van der Waals surface area (Å²) in [5.74, 6) is 2.62. The molecule has 0 bridgehead atoms. The third kappa shape index (κ3) is 5.18. The van der Waals surface area contributed by atoms with Gasteiger partial charge in [0.15, 0.2) is 5.82 Å². The Kier molecular flexibility index (Phi) is 7.02. The summed E-state index contributed by atoms with van der Waals surface area (Å²) in [6.45, 7) is 5.18. The van der Waals surface area contributed by atoms with E-state index >= 15 is 0 Å². The number of carbonyl (C=O) groups excluding carboxylic acids is 1. The second kappa shape index (κ2) is 9.67. The van der Waals surface area contributed by atoms with Crippen LogP contribution in [0.5, 0.6) is 0 Å². The standard InChI is InChI=1S/C22H31N3O2/c1-3-5-10-20-24-22(27-25-20)18-13-11-17(12-14-18)21(26)23-15-19-9-7-6-8-16(19)4-2/h11-14,16,19H,3-10,15H2,1-2H3,(H,23,26). The molecule has 5 heteroatoms. The second-order valence-corrected chi connectivity index (χ2v) is 7.62. The van der Waals surface area contributed by atoms with Crippen LogP contribution in [0.15, 0.2) is 28.8 Å². The molecule has 0 spiro atoms. The van der Waals surface area contributed by atoms with Gasteiger partial charge >= 0.3 is 0 Å². The molecule has 27 heavy (non-hydrogen) atoms. The Labute approximate surface area is 161 Å². The second-order valence-electron chi connectivity index (χ2n) is 7.62. The lowest BCUT2D eigenvalue weighted by Crippen LogP contribution is -2.34. The number of unbranched alkanes of at least 4 members (excludes halogenated alkanes) is 1. The first-order valence-electron chi connectivity index (χ1n) is 10.4. The lowest BCUT2D eigenvalue weighted by Gasteiger charge is -2.30. The van der Waals surface area contributed by atoms with E-state index in [1.807, 2.05) is 24.3 Å². The van der Waals surface area contributed by atoms with Gasteiger partial charge in [-0.3, -0.25) is 4.79 Å². The summed E-state index contributed by atoms with van der Waals surface area (Å²) in [6.07, 6.45) is 9.35. The molecule has 1 aliphatic carbocycles. The number of aromatic nitrogens is 2. The van der Waals surface area contributed by atoms with E-state index in [0.717, 1.165) is 43.1 Å². The van der Waals surface area contributed by atoms with Crippen molar-refractivity contribution in [3.8, 4) is 11.5 Å². The Morgan fingerprint density at radius 3 is 2.59 bits per heavy atom. The summed E-state index contributed by atoms with van der Waals surface area (Å²) < 4.78 is 5.34. The smallest absolute Gasteiger partial charge is 0.257 e. The molecule has 0 radical (unpaired) electrons. The van der Waals surface area contributed by atoms with Crippen LogP contribution in [-0.4, -0.2) is 22.6 Å². The maximum absolute atomic E-state index is 12.5. The molecule has 1 saturated carbocycles. The summed E-state index contributed by atoms with van der Waals surface area (Å²) in [5, 5.41) is 7.15. The number of nitrogens with one attached hydrogen (secondary N) is 1. The maximum Gasteiger partial charge on any atom is 0.257 e. The van der Waals surface area contributed by atoms with Crippen LogP contribution in [0.25, 0.3) is 11.5 Å². The molecular formula is C22H31N3O2. The minimum atomic E-state index is -0.00357. The molecular weight excluding hydrogens is 338 g/mol. The molecule has 3 rings (SSSR count). The van der Waals surface area contributed by atoms with Crippen molar-refractivity contribution in [1.82, 2.24) is 15.5 Å². The highest BCUT2D eigenvalue weighted by Crippen LogP contribution is 2.31. The number of hydrogen-bond donors (Lipinski definition) is 1. The lowest BCUT2D eigenvalue weighted by molar-refractivity contribution is 0.0933. The summed E-state index contributed by atoms with van der Waals surface area (Å²) >= 11 is 0. The van der Waals surface area contributed by atoms with Crippen molar-refractivity contribution >= 4 is 5.91 Å². The molecule has 2 atom stereocenters. The van der Waals surface area contributed by atoms with Crippen LogP contribution in [0.1, 0.15) is 75.0 Å². The Bertz CT molecular complexity index is 723. The van der Waals surface area contributed by atoms with Crippen LogP contribution in [0, 0.1) is 11.8 Å². The summed E-state index contributed by atoms with van der Waals surface area (Å²) in [6, 6.07) is 7.42. The van der Waals surface area contributed by atoms with Crippen molar-refractivity contribution in [3.63, 3.8) is 0 Å². The highest BCUT2D eigenvalue weighted by Gasteiger charge is 2.24.